The Labute approximate surface area is 92.7 Å². The Kier molecular flexibility index (Phi) is 2.93. The molecule has 1 saturated heterocycles. The van der Waals surface area contributed by atoms with E-state index in [2.05, 4.69) is 12.2 Å². The first kappa shape index (κ1) is 11.5. The normalized spacial score (nSPS) is 26.0. The van der Waals surface area contributed by atoms with Crippen molar-refractivity contribution in [2.45, 2.75) is 25.6 Å². The van der Waals surface area contributed by atoms with Crippen LogP contribution in [0, 0.1) is 5.92 Å². The van der Waals surface area contributed by atoms with Gasteiger partial charge in [0.05, 0.1) is 5.56 Å². The summed E-state index contributed by atoms with van der Waals surface area (Å²) in [6.07, 6.45) is -3.25. The highest BCUT2D eigenvalue weighted by Gasteiger charge is 2.30. The number of hydrogen-bond acceptors (Lipinski definition) is 1. The summed E-state index contributed by atoms with van der Waals surface area (Å²) in [6, 6.07) is 5.65. The van der Waals surface area contributed by atoms with Crippen molar-refractivity contribution >= 4 is 0 Å². The Hall–Kier alpha value is -1.03. The van der Waals surface area contributed by atoms with Crippen molar-refractivity contribution in [3.63, 3.8) is 0 Å². The lowest BCUT2D eigenvalue weighted by molar-refractivity contribution is -0.137. The Morgan fingerprint density at radius 2 is 1.81 bits per heavy atom. The van der Waals surface area contributed by atoms with Gasteiger partial charge in [-0.3, -0.25) is 0 Å². The van der Waals surface area contributed by atoms with Gasteiger partial charge in [0, 0.05) is 6.04 Å². The predicted octanol–water partition coefficient (Wildman–Crippen LogP) is 3.38. The quantitative estimate of drug-likeness (QED) is 0.778. The monoisotopic (exact) mass is 229 g/mol. The predicted molar refractivity (Wildman–Crippen MR) is 56.0 cm³/mol. The second kappa shape index (κ2) is 4.09. The van der Waals surface area contributed by atoms with Crippen LogP contribution >= 0.6 is 0 Å². The zero-order chi connectivity index (χ0) is 11.8. The number of rotatable bonds is 1. The van der Waals surface area contributed by atoms with E-state index in [9.17, 15) is 13.2 Å². The van der Waals surface area contributed by atoms with Gasteiger partial charge in [-0.05, 0) is 36.6 Å². The first-order valence-corrected chi connectivity index (χ1v) is 5.37. The molecule has 1 aliphatic rings. The van der Waals surface area contributed by atoms with Crippen molar-refractivity contribution < 1.29 is 13.2 Å². The summed E-state index contributed by atoms with van der Waals surface area (Å²) in [5, 5.41) is 3.30. The molecule has 2 unspecified atom stereocenters. The zero-order valence-electron chi connectivity index (χ0n) is 9.01. The molecule has 1 N–H and O–H groups in total. The van der Waals surface area contributed by atoms with Crippen LogP contribution in [0.15, 0.2) is 24.3 Å². The first-order valence-electron chi connectivity index (χ1n) is 5.37. The van der Waals surface area contributed by atoms with E-state index >= 15 is 0 Å². The smallest absolute Gasteiger partial charge is 0.310 e. The van der Waals surface area contributed by atoms with Gasteiger partial charge in [0.25, 0.3) is 0 Å². The Bertz CT molecular complexity index is 356. The van der Waals surface area contributed by atoms with Gasteiger partial charge in [-0.25, -0.2) is 0 Å². The van der Waals surface area contributed by atoms with Crippen LogP contribution in [0.3, 0.4) is 0 Å². The van der Waals surface area contributed by atoms with Gasteiger partial charge in [0.1, 0.15) is 0 Å². The highest BCUT2D eigenvalue weighted by Crippen LogP contribution is 2.32. The van der Waals surface area contributed by atoms with Crippen LogP contribution in [0.5, 0.6) is 0 Å². The molecule has 0 bridgehead atoms. The maximum absolute atomic E-state index is 12.3. The van der Waals surface area contributed by atoms with Crippen LogP contribution in [-0.2, 0) is 6.18 Å². The molecule has 2 atom stereocenters. The number of hydrogen-bond donors (Lipinski definition) is 1. The molecule has 1 aromatic rings. The fourth-order valence-corrected chi connectivity index (χ4v) is 2.07. The van der Waals surface area contributed by atoms with Gasteiger partial charge in [-0.15, -0.1) is 0 Å². The minimum atomic E-state index is -4.24. The molecule has 1 fully saturated rings. The highest BCUT2D eigenvalue weighted by atomic mass is 19.4. The molecule has 1 heterocycles. The van der Waals surface area contributed by atoms with E-state index in [0.29, 0.717) is 5.92 Å². The lowest BCUT2D eigenvalue weighted by atomic mass is 10.0. The van der Waals surface area contributed by atoms with Crippen molar-refractivity contribution in [2.24, 2.45) is 5.92 Å². The van der Waals surface area contributed by atoms with Crippen molar-refractivity contribution in [1.29, 1.82) is 0 Å². The Morgan fingerprint density at radius 3 is 2.25 bits per heavy atom. The standard InChI is InChI=1S/C12H14F3N/c1-8-6-11(16-7-8)9-2-4-10(5-3-9)12(13,14)15/h2-5,8,11,16H,6-7H2,1H3. The van der Waals surface area contributed by atoms with Crippen LogP contribution in [0.25, 0.3) is 0 Å². The van der Waals surface area contributed by atoms with E-state index < -0.39 is 11.7 Å². The number of halogens is 3. The molecule has 0 aliphatic carbocycles. The third-order valence-corrected chi connectivity index (χ3v) is 2.99. The lowest BCUT2D eigenvalue weighted by Gasteiger charge is -2.12. The van der Waals surface area contributed by atoms with Crippen molar-refractivity contribution in [2.75, 3.05) is 6.54 Å². The summed E-state index contributed by atoms with van der Waals surface area (Å²) in [7, 11) is 0. The zero-order valence-corrected chi connectivity index (χ0v) is 9.01. The fraction of sp³-hybridized carbons (Fsp3) is 0.500. The third kappa shape index (κ3) is 2.38. The second-order valence-corrected chi connectivity index (χ2v) is 4.42. The highest BCUT2D eigenvalue weighted by molar-refractivity contribution is 5.27. The topological polar surface area (TPSA) is 12.0 Å². The van der Waals surface area contributed by atoms with E-state index in [0.717, 1.165) is 30.7 Å². The summed E-state index contributed by atoms with van der Waals surface area (Å²) in [5.74, 6) is 0.590. The van der Waals surface area contributed by atoms with Crippen LogP contribution in [-0.4, -0.2) is 6.54 Å². The van der Waals surface area contributed by atoms with Crippen molar-refractivity contribution in [1.82, 2.24) is 5.32 Å². The molecular weight excluding hydrogens is 215 g/mol. The molecule has 0 saturated carbocycles. The first-order chi connectivity index (χ1) is 7.47. The van der Waals surface area contributed by atoms with Crippen molar-refractivity contribution in [3.8, 4) is 0 Å². The number of alkyl halides is 3. The summed E-state index contributed by atoms with van der Waals surface area (Å²) in [5.41, 5.74) is 0.361. The fourth-order valence-electron chi connectivity index (χ4n) is 2.07. The van der Waals surface area contributed by atoms with Crippen LogP contribution < -0.4 is 5.32 Å². The maximum atomic E-state index is 12.3. The van der Waals surface area contributed by atoms with Crippen LogP contribution in [0.2, 0.25) is 0 Å². The van der Waals surface area contributed by atoms with E-state index in [1.54, 1.807) is 12.1 Å². The van der Waals surface area contributed by atoms with Gasteiger partial charge in [0.15, 0.2) is 0 Å². The molecule has 16 heavy (non-hydrogen) atoms. The van der Waals surface area contributed by atoms with E-state index in [4.69, 9.17) is 0 Å². The van der Waals surface area contributed by atoms with Crippen LogP contribution in [0.1, 0.15) is 30.5 Å². The molecule has 1 aliphatic heterocycles. The van der Waals surface area contributed by atoms with Gasteiger partial charge < -0.3 is 5.32 Å². The van der Waals surface area contributed by atoms with Gasteiger partial charge in [0.2, 0.25) is 0 Å². The summed E-state index contributed by atoms with van der Waals surface area (Å²) < 4.78 is 37.0. The molecule has 1 aromatic carbocycles. The maximum Gasteiger partial charge on any atom is 0.416 e. The molecule has 88 valence electrons. The average molecular weight is 229 g/mol. The Morgan fingerprint density at radius 1 is 1.19 bits per heavy atom. The van der Waals surface area contributed by atoms with E-state index in [-0.39, 0.29) is 6.04 Å². The molecule has 0 radical (unpaired) electrons. The minimum Gasteiger partial charge on any atom is -0.310 e. The summed E-state index contributed by atoms with van der Waals surface area (Å²) >= 11 is 0. The molecular formula is C12H14F3N. The molecule has 0 aromatic heterocycles. The van der Waals surface area contributed by atoms with E-state index in [1.165, 1.54) is 0 Å². The lowest BCUT2D eigenvalue weighted by Crippen LogP contribution is -2.13. The van der Waals surface area contributed by atoms with E-state index in [1.807, 2.05) is 0 Å². The minimum absolute atomic E-state index is 0.206. The molecule has 0 spiro atoms. The number of nitrogens with one attached hydrogen (secondary N) is 1. The largest absolute Gasteiger partial charge is 0.416 e. The molecule has 1 nitrogen and oxygen atoms in total. The molecule has 0 amide bonds. The Balaban J connectivity index is 2.14. The molecule has 2 rings (SSSR count). The second-order valence-electron chi connectivity index (χ2n) is 4.42. The van der Waals surface area contributed by atoms with Gasteiger partial charge in [-0.2, -0.15) is 13.2 Å². The number of benzene rings is 1. The SMILES string of the molecule is CC1CNC(c2ccc(C(F)(F)F)cc2)C1. The van der Waals surface area contributed by atoms with Crippen LogP contribution in [0.4, 0.5) is 13.2 Å². The average Bonchev–Trinajstić information content (AvgIpc) is 2.64. The summed E-state index contributed by atoms with van der Waals surface area (Å²) in [4.78, 5) is 0. The van der Waals surface area contributed by atoms with Gasteiger partial charge >= 0.3 is 6.18 Å². The molecule has 4 heteroatoms. The summed E-state index contributed by atoms with van der Waals surface area (Å²) in [6.45, 7) is 3.07. The third-order valence-electron chi connectivity index (χ3n) is 2.99. The van der Waals surface area contributed by atoms with Gasteiger partial charge in [-0.1, -0.05) is 19.1 Å². The van der Waals surface area contributed by atoms with Crippen molar-refractivity contribution in [3.05, 3.63) is 35.4 Å².